The van der Waals surface area contributed by atoms with Crippen molar-refractivity contribution in [3.8, 4) is 0 Å². The van der Waals surface area contributed by atoms with Gasteiger partial charge in [0.1, 0.15) is 0 Å². The van der Waals surface area contributed by atoms with Gasteiger partial charge in [-0.25, -0.2) is 0 Å². The molecule has 0 saturated heterocycles. The lowest BCUT2D eigenvalue weighted by Crippen LogP contribution is -2.29. The summed E-state index contributed by atoms with van der Waals surface area (Å²) in [5.74, 6) is 0. The van der Waals surface area contributed by atoms with Crippen LogP contribution in [0.2, 0.25) is 0 Å². The predicted molar refractivity (Wildman–Crippen MR) is 73.9 cm³/mol. The monoisotopic (exact) mass is 247 g/mol. The molecule has 3 nitrogen and oxygen atoms in total. The first-order valence-electron chi connectivity index (χ1n) is 6.36. The Bertz CT molecular complexity index is 440. The van der Waals surface area contributed by atoms with E-state index in [1.54, 1.807) is 7.11 Å². The van der Waals surface area contributed by atoms with Crippen molar-refractivity contribution in [2.24, 2.45) is 0 Å². The largest absolute Gasteiger partial charge is 0.392 e. The van der Waals surface area contributed by atoms with E-state index in [0.717, 1.165) is 31.7 Å². The summed E-state index contributed by atoms with van der Waals surface area (Å²) in [5.41, 5.74) is 4.85. The number of nitrogens with zero attached hydrogens (tertiary/aromatic N) is 1. The van der Waals surface area contributed by atoms with E-state index in [-0.39, 0.29) is 6.61 Å². The number of aliphatic hydroxyl groups excluding tert-OH is 1. The van der Waals surface area contributed by atoms with E-state index in [1.807, 2.05) is 6.07 Å². The molecule has 1 N–H and O–H groups in total. The highest BCUT2D eigenvalue weighted by Crippen LogP contribution is 2.24. The fourth-order valence-corrected chi connectivity index (χ4v) is 2.42. The quantitative estimate of drug-likeness (QED) is 0.828. The van der Waals surface area contributed by atoms with Crippen LogP contribution < -0.4 is 4.90 Å². The maximum Gasteiger partial charge on any atom is 0.0681 e. The minimum absolute atomic E-state index is 0.110. The van der Waals surface area contributed by atoms with Gasteiger partial charge in [-0.1, -0.05) is 18.2 Å². The number of hydrogen-bond acceptors (Lipinski definition) is 3. The van der Waals surface area contributed by atoms with Crippen molar-refractivity contribution >= 4 is 5.69 Å². The van der Waals surface area contributed by atoms with Gasteiger partial charge in [0.15, 0.2) is 0 Å². The average molecular weight is 247 g/mol. The molecular weight excluding hydrogens is 226 g/mol. The van der Waals surface area contributed by atoms with Gasteiger partial charge in [0.25, 0.3) is 0 Å². The van der Waals surface area contributed by atoms with Crippen LogP contribution in [0.5, 0.6) is 0 Å². The average Bonchev–Trinajstić information content (AvgIpc) is 2.40. The lowest BCUT2D eigenvalue weighted by molar-refractivity contribution is 0.222. The van der Waals surface area contributed by atoms with Gasteiger partial charge in [0, 0.05) is 25.9 Å². The molecule has 0 aliphatic carbocycles. The maximum atomic E-state index is 9.12. The Hall–Kier alpha value is -1.32. The van der Waals surface area contributed by atoms with Crippen molar-refractivity contribution in [1.29, 1.82) is 0 Å². The zero-order valence-electron chi connectivity index (χ0n) is 11.1. The number of aliphatic hydroxyl groups is 1. The van der Waals surface area contributed by atoms with Crippen molar-refractivity contribution in [2.75, 3.05) is 31.7 Å². The lowest BCUT2D eigenvalue weighted by Gasteiger charge is -2.29. The van der Waals surface area contributed by atoms with Crippen LogP contribution in [0, 0.1) is 6.92 Å². The highest BCUT2D eigenvalue weighted by Gasteiger charge is 2.13. The maximum absolute atomic E-state index is 9.12. The molecule has 0 bridgehead atoms. The van der Waals surface area contributed by atoms with E-state index in [9.17, 15) is 0 Å². The second kappa shape index (κ2) is 6.03. The molecule has 0 aromatic heterocycles. The van der Waals surface area contributed by atoms with Gasteiger partial charge in [-0.05, 0) is 36.1 Å². The summed E-state index contributed by atoms with van der Waals surface area (Å²) in [6.07, 6.45) is 3.32. The molecule has 0 fully saturated rings. The number of rotatable bonds is 4. The number of methoxy groups -OCH3 is 1. The van der Waals surface area contributed by atoms with Crippen molar-refractivity contribution in [3.05, 3.63) is 41.0 Å². The molecule has 0 unspecified atom stereocenters. The summed E-state index contributed by atoms with van der Waals surface area (Å²) < 4.78 is 5.16. The van der Waals surface area contributed by atoms with E-state index in [2.05, 4.69) is 30.0 Å². The SMILES string of the molecule is COCC1=CCN(c2ccc(CO)cc2C)CC1. The zero-order valence-corrected chi connectivity index (χ0v) is 11.1. The molecule has 1 aliphatic heterocycles. The Morgan fingerprint density at radius 3 is 2.78 bits per heavy atom. The molecule has 2 rings (SSSR count). The minimum Gasteiger partial charge on any atom is -0.392 e. The lowest BCUT2D eigenvalue weighted by atomic mass is 10.1. The summed E-state index contributed by atoms with van der Waals surface area (Å²) in [4.78, 5) is 2.37. The van der Waals surface area contributed by atoms with Gasteiger partial charge in [-0.3, -0.25) is 0 Å². The molecule has 1 aromatic carbocycles. The van der Waals surface area contributed by atoms with Gasteiger partial charge in [0.2, 0.25) is 0 Å². The number of anilines is 1. The molecule has 0 spiro atoms. The van der Waals surface area contributed by atoms with Gasteiger partial charge < -0.3 is 14.7 Å². The molecule has 0 radical (unpaired) electrons. The third-order valence-electron chi connectivity index (χ3n) is 3.42. The Labute approximate surface area is 109 Å². The topological polar surface area (TPSA) is 32.7 Å². The van der Waals surface area contributed by atoms with Gasteiger partial charge >= 0.3 is 0 Å². The Balaban J connectivity index is 2.10. The first kappa shape index (κ1) is 13.1. The number of aryl methyl sites for hydroxylation is 1. The van der Waals surface area contributed by atoms with Crippen LogP contribution in [-0.2, 0) is 11.3 Å². The molecule has 0 atom stereocenters. The van der Waals surface area contributed by atoms with Gasteiger partial charge in [-0.15, -0.1) is 0 Å². The third-order valence-corrected chi connectivity index (χ3v) is 3.42. The number of hydrogen-bond donors (Lipinski definition) is 1. The molecular formula is C15H21NO2. The second-order valence-corrected chi connectivity index (χ2v) is 4.77. The second-order valence-electron chi connectivity index (χ2n) is 4.77. The van der Waals surface area contributed by atoms with Gasteiger partial charge in [-0.2, -0.15) is 0 Å². The van der Waals surface area contributed by atoms with Crippen LogP contribution in [0.1, 0.15) is 17.5 Å². The van der Waals surface area contributed by atoms with Crippen LogP contribution in [-0.4, -0.2) is 31.9 Å². The minimum atomic E-state index is 0.110. The molecule has 18 heavy (non-hydrogen) atoms. The fourth-order valence-electron chi connectivity index (χ4n) is 2.42. The van der Waals surface area contributed by atoms with Crippen molar-refractivity contribution in [1.82, 2.24) is 0 Å². The van der Waals surface area contributed by atoms with Crippen LogP contribution >= 0.6 is 0 Å². The standard InChI is InChI=1S/C15H21NO2/c1-12-9-14(10-17)3-4-15(12)16-7-5-13(6-8-16)11-18-2/h3-5,9,17H,6-8,10-11H2,1-2H3. The number of benzene rings is 1. The molecule has 98 valence electrons. The number of ether oxygens (including phenoxy) is 1. The van der Waals surface area contributed by atoms with Crippen molar-refractivity contribution in [2.45, 2.75) is 20.0 Å². The molecule has 1 aromatic rings. The summed E-state index contributed by atoms with van der Waals surface area (Å²) >= 11 is 0. The molecule has 1 aliphatic rings. The molecule has 3 heteroatoms. The first-order valence-corrected chi connectivity index (χ1v) is 6.36. The fraction of sp³-hybridized carbons (Fsp3) is 0.467. The molecule has 1 heterocycles. The Morgan fingerprint density at radius 1 is 1.39 bits per heavy atom. The highest BCUT2D eigenvalue weighted by atomic mass is 16.5. The predicted octanol–water partition coefficient (Wildman–Crippen LogP) is 2.27. The summed E-state index contributed by atoms with van der Waals surface area (Å²) in [7, 11) is 1.74. The van der Waals surface area contributed by atoms with E-state index >= 15 is 0 Å². The Morgan fingerprint density at radius 2 is 2.22 bits per heavy atom. The normalized spacial score (nSPS) is 15.7. The van der Waals surface area contributed by atoms with Gasteiger partial charge in [0.05, 0.1) is 13.2 Å². The van der Waals surface area contributed by atoms with E-state index in [1.165, 1.54) is 16.8 Å². The van der Waals surface area contributed by atoms with Crippen molar-refractivity contribution < 1.29 is 9.84 Å². The molecule has 0 saturated carbocycles. The van der Waals surface area contributed by atoms with Crippen molar-refractivity contribution in [3.63, 3.8) is 0 Å². The molecule has 0 amide bonds. The van der Waals surface area contributed by atoms with E-state index in [4.69, 9.17) is 9.84 Å². The smallest absolute Gasteiger partial charge is 0.0681 e. The van der Waals surface area contributed by atoms with E-state index < -0.39 is 0 Å². The first-order chi connectivity index (χ1) is 8.74. The van der Waals surface area contributed by atoms with Crippen LogP contribution in [0.15, 0.2) is 29.8 Å². The summed E-state index contributed by atoms with van der Waals surface area (Å²) in [6.45, 7) is 4.94. The third kappa shape index (κ3) is 2.92. The van der Waals surface area contributed by atoms with Crippen LogP contribution in [0.4, 0.5) is 5.69 Å². The summed E-state index contributed by atoms with van der Waals surface area (Å²) in [5, 5.41) is 9.12. The highest BCUT2D eigenvalue weighted by molar-refractivity contribution is 5.55. The van der Waals surface area contributed by atoms with E-state index in [0.29, 0.717) is 0 Å². The Kier molecular flexibility index (Phi) is 4.39. The summed E-state index contributed by atoms with van der Waals surface area (Å²) in [6, 6.07) is 6.16. The van der Waals surface area contributed by atoms with Crippen LogP contribution in [0.3, 0.4) is 0 Å². The zero-order chi connectivity index (χ0) is 13.0. The van der Waals surface area contributed by atoms with Crippen LogP contribution in [0.25, 0.3) is 0 Å².